The highest BCUT2D eigenvalue weighted by Gasteiger charge is 2.18. The predicted octanol–water partition coefficient (Wildman–Crippen LogP) is 16.2. The van der Waals surface area contributed by atoms with Crippen LogP contribution >= 0.6 is 0 Å². The fraction of sp³-hybridized carbons (Fsp3) is 0. The lowest BCUT2D eigenvalue weighted by atomic mass is 9.93. The van der Waals surface area contributed by atoms with Crippen molar-refractivity contribution in [1.29, 1.82) is 0 Å². The summed E-state index contributed by atoms with van der Waals surface area (Å²) in [5.41, 5.74) is 14.3. The van der Waals surface area contributed by atoms with E-state index in [9.17, 15) is 0 Å². The first-order chi connectivity index (χ1) is 30.2. The number of hydrogen-bond acceptors (Lipinski definition) is 4. The van der Waals surface area contributed by atoms with Gasteiger partial charge in [0.2, 0.25) is 5.89 Å². The summed E-state index contributed by atoms with van der Waals surface area (Å²) in [5, 5.41) is 7.09. The third-order valence-electron chi connectivity index (χ3n) is 11.9. The molecule has 4 heteroatoms. The topological polar surface area (TPSA) is 42.4 Å². The lowest BCUT2D eigenvalue weighted by molar-refractivity contribution is 0.617. The van der Waals surface area contributed by atoms with Crippen LogP contribution in [0.5, 0.6) is 0 Å². The Morgan fingerprint density at radius 2 is 0.902 bits per heavy atom. The fourth-order valence-corrected chi connectivity index (χ4v) is 8.87. The molecule has 12 rings (SSSR count). The number of nitrogens with zero attached hydrogens (tertiary/aromatic N) is 2. The van der Waals surface area contributed by atoms with Crippen LogP contribution in [0.3, 0.4) is 0 Å². The van der Waals surface area contributed by atoms with Gasteiger partial charge in [0.25, 0.3) is 0 Å². The highest BCUT2D eigenvalue weighted by molar-refractivity contribution is 6.14. The van der Waals surface area contributed by atoms with Crippen LogP contribution in [0, 0.1) is 0 Å². The van der Waals surface area contributed by atoms with Crippen molar-refractivity contribution in [2.24, 2.45) is 0 Å². The van der Waals surface area contributed by atoms with Gasteiger partial charge in [-0.2, -0.15) is 0 Å². The zero-order valence-electron chi connectivity index (χ0n) is 33.0. The molecule has 12 aromatic rings. The monoisotopic (exact) mass is 780 g/mol. The van der Waals surface area contributed by atoms with Gasteiger partial charge in [0, 0.05) is 39.5 Å². The summed E-state index contributed by atoms with van der Waals surface area (Å²) < 4.78 is 12.5. The van der Waals surface area contributed by atoms with Crippen molar-refractivity contribution in [3.8, 4) is 44.8 Å². The molecule has 0 N–H and O–H groups in total. The van der Waals surface area contributed by atoms with Crippen LogP contribution in [-0.4, -0.2) is 4.98 Å². The second kappa shape index (κ2) is 14.3. The van der Waals surface area contributed by atoms with Gasteiger partial charge in [-0.3, -0.25) is 0 Å². The number of aromatic nitrogens is 1. The number of benzene rings is 10. The molecule has 0 aliphatic heterocycles. The SMILES string of the molecule is c1ccc(-c2cccc(N(c3ccc(-c4ccc5oc6cc7oc(-c8ccccc8)nc7cc6c5c4)cc3)c3ccc(-c4cc5ccccc5c5ccccc45)cc3)c2)cc1. The quantitative estimate of drug-likeness (QED) is 0.151. The Kier molecular flexibility index (Phi) is 8.13. The van der Waals surface area contributed by atoms with Gasteiger partial charge >= 0.3 is 0 Å². The highest BCUT2D eigenvalue weighted by Crippen LogP contribution is 2.41. The smallest absolute Gasteiger partial charge is 0.227 e. The van der Waals surface area contributed by atoms with Gasteiger partial charge in [-0.15, -0.1) is 0 Å². The molecule has 0 radical (unpaired) electrons. The summed E-state index contributed by atoms with van der Waals surface area (Å²) in [4.78, 5) is 7.17. The molecule has 0 aliphatic rings. The van der Waals surface area contributed by atoms with E-state index < -0.39 is 0 Å². The molecule has 0 saturated heterocycles. The molecule has 286 valence electrons. The van der Waals surface area contributed by atoms with Crippen LogP contribution in [-0.2, 0) is 0 Å². The Balaban J connectivity index is 0.928. The average molecular weight is 781 g/mol. The van der Waals surface area contributed by atoms with E-state index in [0.717, 1.165) is 61.2 Å². The maximum Gasteiger partial charge on any atom is 0.227 e. The van der Waals surface area contributed by atoms with Gasteiger partial charge in [0.05, 0.1) is 0 Å². The molecule has 2 aromatic heterocycles. The molecule has 0 saturated carbocycles. The second-order valence-electron chi connectivity index (χ2n) is 15.6. The number of anilines is 3. The average Bonchev–Trinajstić information content (AvgIpc) is 3.92. The molecular formula is C57H36N2O2. The maximum atomic E-state index is 6.34. The standard InChI is InChI=1S/C57H36N2O2/c1-3-12-37(13-4-1)41-17-11-18-46(32-41)59(45-29-24-39(25-30-45)50-34-43-16-7-8-19-47(43)48-20-9-10-21-49(48)50)44-27-22-38(23-28-44)42-26-31-54-51(33-42)52-35-53-56(36-55(52)60-54)61-57(58-53)40-14-5-2-6-15-40/h1-36H. The molecule has 0 amide bonds. The maximum absolute atomic E-state index is 6.34. The fourth-order valence-electron chi connectivity index (χ4n) is 8.87. The Labute approximate surface area is 352 Å². The van der Waals surface area contributed by atoms with E-state index in [1.807, 2.05) is 36.4 Å². The minimum Gasteiger partial charge on any atom is -0.456 e. The van der Waals surface area contributed by atoms with Crippen LogP contribution < -0.4 is 4.90 Å². The molecule has 0 fully saturated rings. The van der Waals surface area contributed by atoms with Gasteiger partial charge in [0.1, 0.15) is 16.7 Å². The molecular weight excluding hydrogens is 745 g/mol. The van der Waals surface area contributed by atoms with Crippen LogP contribution in [0.1, 0.15) is 0 Å². The van der Waals surface area contributed by atoms with Gasteiger partial charge in [0.15, 0.2) is 5.58 Å². The highest BCUT2D eigenvalue weighted by atomic mass is 16.4. The van der Waals surface area contributed by atoms with Crippen molar-refractivity contribution in [3.63, 3.8) is 0 Å². The molecule has 0 unspecified atom stereocenters. The first-order valence-electron chi connectivity index (χ1n) is 20.6. The van der Waals surface area contributed by atoms with E-state index in [1.54, 1.807) is 0 Å². The van der Waals surface area contributed by atoms with Crippen molar-refractivity contribution in [3.05, 3.63) is 218 Å². The summed E-state index contributed by atoms with van der Waals surface area (Å²) >= 11 is 0. The summed E-state index contributed by atoms with van der Waals surface area (Å²) in [6.45, 7) is 0. The van der Waals surface area contributed by atoms with E-state index in [-0.39, 0.29) is 0 Å². The second-order valence-corrected chi connectivity index (χ2v) is 15.6. The predicted molar refractivity (Wildman–Crippen MR) is 253 cm³/mol. The minimum absolute atomic E-state index is 0.601. The molecule has 0 spiro atoms. The first-order valence-corrected chi connectivity index (χ1v) is 20.6. The molecule has 10 aromatic carbocycles. The number of hydrogen-bond donors (Lipinski definition) is 0. The molecule has 4 nitrogen and oxygen atoms in total. The normalized spacial score (nSPS) is 11.6. The van der Waals surface area contributed by atoms with Crippen LogP contribution in [0.25, 0.3) is 99.4 Å². The van der Waals surface area contributed by atoms with Crippen molar-refractivity contribution in [2.75, 3.05) is 4.90 Å². The molecule has 2 heterocycles. The van der Waals surface area contributed by atoms with E-state index in [0.29, 0.717) is 11.5 Å². The van der Waals surface area contributed by atoms with Crippen LogP contribution in [0.4, 0.5) is 17.1 Å². The summed E-state index contributed by atoms with van der Waals surface area (Å²) in [6.07, 6.45) is 0. The van der Waals surface area contributed by atoms with Gasteiger partial charge in [-0.25, -0.2) is 4.98 Å². The van der Waals surface area contributed by atoms with E-state index in [4.69, 9.17) is 13.8 Å². The van der Waals surface area contributed by atoms with E-state index >= 15 is 0 Å². The Bertz CT molecular complexity index is 3570. The third-order valence-corrected chi connectivity index (χ3v) is 11.9. The lowest BCUT2D eigenvalue weighted by Gasteiger charge is -2.26. The molecule has 0 aliphatic carbocycles. The Morgan fingerprint density at radius 3 is 1.67 bits per heavy atom. The molecule has 61 heavy (non-hydrogen) atoms. The summed E-state index contributed by atoms with van der Waals surface area (Å²) in [7, 11) is 0. The van der Waals surface area contributed by atoms with Crippen molar-refractivity contribution >= 4 is 71.6 Å². The van der Waals surface area contributed by atoms with Crippen LogP contribution in [0.15, 0.2) is 227 Å². The largest absolute Gasteiger partial charge is 0.456 e. The van der Waals surface area contributed by atoms with Crippen LogP contribution in [0.2, 0.25) is 0 Å². The Hall–Kier alpha value is -8.21. The third kappa shape index (κ3) is 6.12. The number of furan rings is 1. The summed E-state index contributed by atoms with van der Waals surface area (Å²) in [5.74, 6) is 0.601. The number of rotatable bonds is 7. The number of oxazole rings is 1. The number of fused-ring (bicyclic) bond motifs is 7. The van der Waals surface area contributed by atoms with E-state index in [1.165, 1.54) is 43.8 Å². The van der Waals surface area contributed by atoms with Crippen molar-refractivity contribution in [1.82, 2.24) is 4.98 Å². The minimum atomic E-state index is 0.601. The lowest BCUT2D eigenvalue weighted by Crippen LogP contribution is -2.10. The van der Waals surface area contributed by atoms with Crippen molar-refractivity contribution < 1.29 is 8.83 Å². The van der Waals surface area contributed by atoms with E-state index in [2.05, 4.69) is 187 Å². The summed E-state index contributed by atoms with van der Waals surface area (Å²) in [6, 6.07) is 77.4. The zero-order chi connectivity index (χ0) is 40.3. The van der Waals surface area contributed by atoms with Gasteiger partial charge < -0.3 is 13.7 Å². The first kappa shape index (κ1) is 34.8. The Morgan fingerprint density at radius 1 is 0.311 bits per heavy atom. The zero-order valence-corrected chi connectivity index (χ0v) is 33.0. The van der Waals surface area contributed by atoms with Gasteiger partial charge in [-0.05, 0) is 128 Å². The van der Waals surface area contributed by atoms with Crippen molar-refractivity contribution in [2.45, 2.75) is 0 Å². The van der Waals surface area contributed by atoms with Gasteiger partial charge in [-0.1, -0.05) is 140 Å². The molecule has 0 atom stereocenters. The molecule has 0 bridgehead atoms.